The van der Waals surface area contributed by atoms with Crippen LogP contribution >= 0.6 is 0 Å². The molecule has 2 aliphatic rings. The minimum Gasteiger partial charge on any atom is -0.331 e. The average Bonchev–Trinajstić information content (AvgIpc) is 3.73. The minimum absolute atomic E-state index is 0.0310. The number of anilines is 3. The van der Waals surface area contributed by atoms with Crippen LogP contribution in [-0.4, -0.2) is 64.5 Å². The van der Waals surface area contributed by atoms with Crippen molar-refractivity contribution in [1.29, 1.82) is 0 Å². The Morgan fingerprint density at radius 2 is 1.11 bits per heavy atom. The zero-order valence-electron chi connectivity index (χ0n) is 24.8. The average molecular weight is 596 g/mol. The van der Waals surface area contributed by atoms with Gasteiger partial charge in [0.1, 0.15) is 12.1 Å². The highest BCUT2D eigenvalue weighted by Gasteiger charge is 2.34. The monoisotopic (exact) mass is 595 g/mol. The summed E-state index contributed by atoms with van der Waals surface area (Å²) in [5.41, 5.74) is 2.99. The number of hydrogen-bond donors (Lipinski definition) is 3. The molecule has 3 aromatic carbocycles. The van der Waals surface area contributed by atoms with Crippen LogP contribution in [0.25, 0.3) is 0 Å². The van der Waals surface area contributed by atoms with Crippen LogP contribution < -0.4 is 16.0 Å². The van der Waals surface area contributed by atoms with E-state index in [9.17, 15) is 24.0 Å². The molecular formula is C34H37N5O5. The van der Waals surface area contributed by atoms with Gasteiger partial charge in [-0.15, -0.1) is 0 Å². The fourth-order valence-electron chi connectivity index (χ4n) is 5.75. The molecule has 5 rings (SSSR count). The molecule has 5 amide bonds. The van der Waals surface area contributed by atoms with Crippen molar-refractivity contribution in [1.82, 2.24) is 9.80 Å². The topological polar surface area (TPSA) is 128 Å². The van der Waals surface area contributed by atoms with Crippen molar-refractivity contribution in [2.75, 3.05) is 29.0 Å². The summed E-state index contributed by atoms with van der Waals surface area (Å²) >= 11 is 0. The first-order valence-electron chi connectivity index (χ1n) is 15.1. The lowest BCUT2D eigenvalue weighted by molar-refractivity contribution is -0.136. The number of nitrogens with zero attached hydrogens (tertiary/aromatic N) is 2. The molecule has 0 bridgehead atoms. The summed E-state index contributed by atoms with van der Waals surface area (Å²) in [6.45, 7) is 2.93. The maximum atomic E-state index is 13.0. The van der Waals surface area contributed by atoms with Gasteiger partial charge >= 0.3 is 0 Å². The van der Waals surface area contributed by atoms with Crippen LogP contribution in [0, 0.1) is 0 Å². The van der Waals surface area contributed by atoms with Crippen molar-refractivity contribution < 1.29 is 24.0 Å². The van der Waals surface area contributed by atoms with E-state index in [2.05, 4.69) is 16.0 Å². The molecule has 3 N–H and O–H groups in total. The predicted octanol–water partition coefficient (Wildman–Crippen LogP) is 4.45. The molecular weight excluding hydrogens is 558 g/mol. The third-order valence-electron chi connectivity index (χ3n) is 8.08. The number of likely N-dealkylation sites (tertiary alicyclic amines) is 2. The van der Waals surface area contributed by atoms with E-state index in [4.69, 9.17) is 0 Å². The van der Waals surface area contributed by atoms with Gasteiger partial charge in [-0.2, -0.15) is 0 Å². The van der Waals surface area contributed by atoms with Gasteiger partial charge in [0.25, 0.3) is 5.91 Å². The van der Waals surface area contributed by atoms with Crippen LogP contribution in [0.1, 0.15) is 54.9 Å². The molecule has 44 heavy (non-hydrogen) atoms. The Kier molecular flexibility index (Phi) is 9.69. The number of carbonyl (C=O) groups is 5. The fourth-order valence-corrected chi connectivity index (χ4v) is 5.75. The Balaban J connectivity index is 1.12. The third-order valence-corrected chi connectivity index (χ3v) is 8.08. The van der Waals surface area contributed by atoms with Crippen LogP contribution in [0.3, 0.4) is 0 Å². The molecule has 0 aromatic heterocycles. The summed E-state index contributed by atoms with van der Waals surface area (Å²) in [7, 11) is 0. The maximum Gasteiger partial charge on any atom is 0.255 e. The standard InChI is InChI=1S/C34H37N5O5/c1-2-30(40)38-20-6-10-28(38)33(43)36-25-14-12-24(13-15-25)32(42)35-26-16-18-27(19-17-26)37-34(44)29-11-7-21-39(29)31(41)22-23-8-4-3-5-9-23/h3-5,8-9,12-19,28-29H,2,6-7,10-11,20-22H2,1H3,(H,35,42)(H,36,43)(H,37,44)/t28-,29-/m0/s1. The van der Waals surface area contributed by atoms with E-state index < -0.39 is 12.1 Å². The van der Waals surface area contributed by atoms with E-state index in [0.29, 0.717) is 55.0 Å². The Labute approximate surface area is 256 Å². The van der Waals surface area contributed by atoms with E-state index in [1.165, 1.54) is 0 Å². The summed E-state index contributed by atoms with van der Waals surface area (Å²) in [5.74, 6) is -0.880. The van der Waals surface area contributed by atoms with E-state index in [0.717, 1.165) is 18.4 Å². The molecule has 3 aromatic rings. The maximum absolute atomic E-state index is 13.0. The first-order valence-corrected chi connectivity index (χ1v) is 15.1. The molecule has 10 heteroatoms. The van der Waals surface area contributed by atoms with Gasteiger partial charge in [0, 0.05) is 42.1 Å². The first kappa shape index (κ1) is 30.5. The second kappa shape index (κ2) is 14.0. The second-order valence-electron chi connectivity index (χ2n) is 11.1. The Morgan fingerprint density at radius 3 is 1.64 bits per heavy atom. The Bertz CT molecular complexity index is 1510. The van der Waals surface area contributed by atoms with E-state index >= 15 is 0 Å². The number of benzene rings is 3. The number of amides is 5. The minimum atomic E-state index is -0.519. The van der Waals surface area contributed by atoms with Gasteiger partial charge in [-0.05, 0) is 79.8 Å². The largest absolute Gasteiger partial charge is 0.331 e. The molecule has 0 spiro atoms. The third kappa shape index (κ3) is 7.31. The van der Waals surface area contributed by atoms with Gasteiger partial charge in [-0.1, -0.05) is 37.3 Å². The van der Waals surface area contributed by atoms with Crippen molar-refractivity contribution in [3.8, 4) is 0 Å². The van der Waals surface area contributed by atoms with Gasteiger partial charge < -0.3 is 25.8 Å². The fraction of sp³-hybridized carbons (Fsp3) is 0.324. The van der Waals surface area contributed by atoms with Crippen LogP contribution in [-0.2, 0) is 25.6 Å². The van der Waals surface area contributed by atoms with Gasteiger partial charge in [-0.3, -0.25) is 24.0 Å². The van der Waals surface area contributed by atoms with Crippen molar-refractivity contribution in [2.45, 2.75) is 57.5 Å². The highest BCUT2D eigenvalue weighted by molar-refractivity contribution is 6.05. The molecule has 2 aliphatic heterocycles. The lowest BCUT2D eigenvalue weighted by Crippen LogP contribution is -2.43. The number of hydrogen-bond acceptors (Lipinski definition) is 5. The summed E-state index contributed by atoms with van der Waals surface area (Å²) in [4.78, 5) is 66.9. The van der Waals surface area contributed by atoms with Gasteiger partial charge in [0.2, 0.25) is 23.6 Å². The van der Waals surface area contributed by atoms with Crippen molar-refractivity contribution in [3.63, 3.8) is 0 Å². The molecule has 10 nitrogen and oxygen atoms in total. The van der Waals surface area contributed by atoms with Crippen LogP contribution in [0.15, 0.2) is 78.9 Å². The molecule has 0 unspecified atom stereocenters. The molecule has 0 saturated carbocycles. The lowest BCUT2D eigenvalue weighted by atomic mass is 10.1. The molecule has 0 radical (unpaired) electrons. The van der Waals surface area contributed by atoms with Crippen LogP contribution in [0.5, 0.6) is 0 Å². The van der Waals surface area contributed by atoms with Crippen molar-refractivity contribution >= 4 is 46.6 Å². The number of carbonyl (C=O) groups excluding carboxylic acids is 5. The van der Waals surface area contributed by atoms with Crippen LogP contribution in [0.4, 0.5) is 17.1 Å². The summed E-state index contributed by atoms with van der Waals surface area (Å²) in [6.07, 6.45) is 3.44. The SMILES string of the molecule is CCC(=O)N1CCC[C@H]1C(=O)Nc1ccc(C(=O)Nc2ccc(NC(=O)[C@@H]3CCCN3C(=O)Cc3ccccc3)cc2)cc1. The van der Waals surface area contributed by atoms with Gasteiger partial charge in [0.05, 0.1) is 6.42 Å². The molecule has 0 aliphatic carbocycles. The zero-order valence-corrected chi connectivity index (χ0v) is 24.8. The quantitative estimate of drug-likeness (QED) is 0.337. The lowest BCUT2D eigenvalue weighted by Gasteiger charge is -2.24. The molecule has 2 atom stereocenters. The zero-order chi connectivity index (χ0) is 31.1. The molecule has 228 valence electrons. The van der Waals surface area contributed by atoms with Gasteiger partial charge in [0.15, 0.2) is 0 Å². The molecule has 2 saturated heterocycles. The summed E-state index contributed by atoms with van der Waals surface area (Å²) < 4.78 is 0. The van der Waals surface area contributed by atoms with Crippen LogP contribution in [0.2, 0.25) is 0 Å². The second-order valence-corrected chi connectivity index (χ2v) is 11.1. The smallest absolute Gasteiger partial charge is 0.255 e. The predicted molar refractivity (Wildman–Crippen MR) is 168 cm³/mol. The van der Waals surface area contributed by atoms with Crippen molar-refractivity contribution in [3.05, 3.63) is 90.0 Å². The highest BCUT2D eigenvalue weighted by Crippen LogP contribution is 2.23. The van der Waals surface area contributed by atoms with E-state index in [1.54, 1.807) is 65.3 Å². The number of nitrogens with one attached hydrogen (secondary N) is 3. The highest BCUT2D eigenvalue weighted by atomic mass is 16.2. The van der Waals surface area contributed by atoms with Gasteiger partial charge in [-0.25, -0.2) is 0 Å². The first-order chi connectivity index (χ1) is 21.3. The normalized spacial score (nSPS) is 17.7. The molecule has 2 heterocycles. The Morgan fingerprint density at radius 1 is 0.636 bits per heavy atom. The molecule has 2 fully saturated rings. The Hall–Kier alpha value is -4.99. The van der Waals surface area contributed by atoms with E-state index in [1.807, 2.05) is 30.3 Å². The summed E-state index contributed by atoms with van der Waals surface area (Å²) in [5, 5.41) is 8.58. The van der Waals surface area contributed by atoms with E-state index in [-0.39, 0.29) is 36.0 Å². The summed E-state index contributed by atoms with van der Waals surface area (Å²) in [6, 6.07) is 21.8. The van der Waals surface area contributed by atoms with Crippen molar-refractivity contribution in [2.24, 2.45) is 0 Å². The number of rotatable bonds is 9.